The summed E-state index contributed by atoms with van der Waals surface area (Å²) < 4.78 is 18.2. The zero-order chi connectivity index (χ0) is 13.1. The number of hydrogen-bond donors (Lipinski definition) is 1. The van der Waals surface area contributed by atoms with E-state index in [0.29, 0.717) is 16.5 Å². The lowest BCUT2D eigenvalue weighted by Gasteiger charge is -2.07. The van der Waals surface area contributed by atoms with E-state index in [-0.39, 0.29) is 11.8 Å². The Bertz CT molecular complexity index is 557. The standard InChI is InChI=1S/C11H10ClFN4O/c1-14-10-15-9(16-11(17-10)18-2)7-5-6(13)3-4-8(7)12/h3-5H,1-2H3,(H,14,15,16,17). The molecule has 1 aromatic heterocycles. The van der Waals surface area contributed by atoms with Gasteiger partial charge in [-0.3, -0.25) is 0 Å². The van der Waals surface area contributed by atoms with Crippen LogP contribution in [0.25, 0.3) is 11.4 Å². The molecular weight excluding hydrogens is 259 g/mol. The summed E-state index contributed by atoms with van der Waals surface area (Å²) in [6.45, 7) is 0. The van der Waals surface area contributed by atoms with E-state index in [0.717, 1.165) is 0 Å². The Morgan fingerprint density at radius 1 is 1.28 bits per heavy atom. The van der Waals surface area contributed by atoms with Crippen LogP contribution in [0.1, 0.15) is 0 Å². The van der Waals surface area contributed by atoms with Crippen molar-refractivity contribution in [1.29, 1.82) is 0 Å². The summed E-state index contributed by atoms with van der Waals surface area (Å²) in [5.41, 5.74) is 0.383. The summed E-state index contributed by atoms with van der Waals surface area (Å²) in [7, 11) is 3.09. The molecule has 0 unspecified atom stereocenters. The number of hydrogen-bond acceptors (Lipinski definition) is 5. The Morgan fingerprint density at radius 2 is 2.06 bits per heavy atom. The molecular formula is C11H10ClFN4O. The minimum Gasteiger partial charge on any atom is -0.467 e. The zero-order valence-corrected chi connectivity index (χ0v) is 10.5. The molecule has 2 aromatic rings. The summed E-state index contributed by atoms with van der Waals surface area (Å²) in [5, 5.41) is 3.12. The third-order valence-electron chi connectivity index (χ3n) is 2.19. The Kier molecular flexibility index (Phi) is 3.57. The van der Waals surface area contributed by atoms with Gasteiger partial charge in [-0.2, -0.15) is 15.0 Å². The summed E-state index contributed by atoms with van der Waals surface area (Å²) in [6, 6.07) is 4.10. The van der Waals surface area contributed by atoms with Gasteiger partial charge in [0.25, 0.3) is 0 Å². The highest BCUT2D eigenvalue weighted by atomic mass is 35.5. The first kappa shape index (κ1) is 12.5. The normalized spacial score (nSPS) is 10.2. The van der Waals surface area contributed by atoms with Crippen LogP contribution in [0, 0.1) is 5.82 Å². The number of rotatable bonds is 3. The molecule has 1 N–H and O–H groups in total. The third-order valence-corrected chi connectivity index (χ3v) is 2.52. The highest BCUT2D eigenvalue weighted by Crippen LogP contribution is 2.27. The molecule has 0 fully saturated rings. The lowest BCUT2D eigenvalue weighted by atomic mass is 10.2. The fourth-order valence-corrected chi connectivity index (χ4v) is 1.55. The van der Waals surface area contributed by atoms with Gasteiger partial charge in [0.1, 0.15) is 5.82 Å². The second-order valence-corrected chi connectivity index (χ2v) is 3.75. The van der Waals surface area contributed by atoms with Crippen molar-refractivity contribution in [2.75, 3.05) is 19.5 Å². The van der Waals surface area contributed by atoms with Gasteiger partial charge < -0.3 is 10.1 Å². The van der Waals surface area contributed by atoms with E-state index in [9.17, 15) is 4.39 Å². The molecule has 1 heterocycles. The molecule has 0 radical (unpaired) electrons. The number of benzene rings is 1. The first-order valence-corrected chi connectivity index (χ1v) is 5.45. The highest BCUT2D eigenvalue weighted by Gasteiger charge is 2.12. The molecule has 0 atom stereocenters. The predicted octanol–water partition coefficient (Wildman–Crippen LogP) is 2.38. The number of halogens is 2. The molecule has 0 aliphatic carbocycles. The lowest BCUT2D eigenvalue weighted by molar-refractivity contribution is 0.379. The maximum absolute atomic E-state index is 13.2. The molecule has 7 heteroatoms. The lowest BCUT2D eigenvalue weighted by Crippen LogP contribution is -2.03. The Balaban J connectivity index is 2.58. The molecule has 0 saturated carbocycles. The van der Waals surface area contributed by atoms with Crippen LogP contribution in [0.3, 0.4) is 0 Å². The number of nitrogens with zero attached hydrogens (tertiary/aromatic N) is 3. The van der Waals surface area contributed by atoms with E-state index in [1.54, 1.807) is 7.05 Å². The zero-order valence-electron chi connectivity index (χ0n) is 9.74. The smallest absolute Gasteiger partial charge is 0.321 e. The summed E-state index contributed by atoms with van der Waals surface area (Å²) in [6.07, 6.45) is 0. The largest absolute Gasteiger partial charge is 0.467 e. The Morgan fingerprint density at radius 3 is 2.72 bits per heavy atom. The van der Waals surface area contributed by atoms with Crippen LogP contribution in [0.15, 0.2) is 18.2 Å². The second-order valence-electron chi connectivity index (χ2n) is 3.34. The van der Waals surface area contributed by atoms with Crippen molar-refractivity contribution in [2.45, 2.75) is 0 Å². The summed E-state index contributed by atoms with van der Waals surface area (Å²) in [5.74, 6) is 0.146. The minimum atomic E-state index is -0.417. The van der Waals surface area contributed by atoms with Gasteiger partial charge in [0.05, 0.1) is 12.1 Å². The third kappa shape index (κ3) is 2.48. The molecule has 0 saturated heterocycles. The van der Waals surface area contributed by atoms with E-state index in [2.05, 4.69) is 20.3 Å². The number of nitrogens with one attached hydrogen (secondary N) is 1. The van der Waals surface area contributed by atoms with E-state index in [4.69, 9.17) is 16.3 Å². The summed E-state index contributed by atoms with van der Waals surface area (Å²) >= 11 is 5.99. The first-order valence-electron chi connectivity index (χ1n) is 5.07. The van der Waals surface area contributed by atoms with Crippen LogP contribution in [-0.2, 0) is 0 Å². The molecule has 0 bridgehead atoms. The van der Waals surface area contributed by atoms with E-state index < -0.39 is 5.82 Å². The highest BCUT2D eigenvalue weighted by molar-refractivity contribution is 6.33. The number of aromatic nitrogens is 3. The predicted molar refractivity (Wildman–Crippen MR) is 66.3 cm³/mol. The van der Waals surface area contributed by atoms with Gasteiger partial charge in [0.2, 0.25) is 5.95 Å². The maximum atomic E-state index is 13.2. The summed E-state index contributed by atoms with van der Waals surface area (Å²) in [4.78, 5) is 12.1. The molecule has 94 valence electrons. The second kappa shape index (κ2) is 5.14. The van der Waals surface area contributed by atoms with Gasteiger partial charge >= 0.3 is 6.01 Å². The van der Waals surface area contributed by atoms with Crippen molar-refractivity contribution in [3.05, 3.63) is 29.0 Å². The molecule has 5 nitrogen and oxygen atoms in total. The number of ether oxygens (including phenoxy) is 1. The van der Waals surface area contributed by atoms with E-state index >= 15 is 0 Å². The van der Waals surface area contributed by atoms with Gasteiger partial charge in [-0.25, -0.2) is 4.39 Å². The number of methoxy groups -OCH3 is 1. The van der Waals surface area contributed by atoms with Crippen molar-refractivity contribution in [1.82, 2.24) is 15.0 Å². The van der Waals surface area contributed by atoms with Crippen molar-refractivity contribution in [3.63, 3.8) is 0 Å². The van der Waals surface area contributed by atoms with Crippen molar-refractivity contribution in [3.8, 4) is 17.4 Å². The minimum absolute atomic E-state index is 0.129. The average molecular weight is 269 g/mol. The molecule has 0 spiro atoms. The fraction of sp³-hybridized carbons (Fsp3) is 0.182. The van der Waals surface area contributed by atoms with Crippen LogP contribution in [0.4, 0.5) is 10.3 Å². The van der Waals surface area contributed by atoms with Gasteiger partial charge in [0.15, 0.2) is 5.82 Å². The quantitative estimate of drug-likeness (QED) is 0.926. The van der Waals surface area contributed by atoms with Gasteiger partial charge in [0, 0.05) is 12.6 Å². The fourth-order valence-electron chi connectivity index (χ4n) is 1.35. The van der Waals surface area contributed by atoms with Gasteiger partial charge in [-0.05, 0) is 18.2 Å². The molecule has 2 rings (SSSR count). The molecule has 0 aliphatic rings. The Hall–Kier alpha value is -1.95. The van der Waals surface area contributed by atoms with Crippen LogP contribution in [-0.4, -0.2) is 29.1 Å². The molecule has 0 amide bonds. The molecule has 0 aliphatic heterocycles. The maximum Gasteiger partial charge on any atom is 0.321 e. The van der Waals surface area contributed by atoms with E-state index in [1.807, 2.05) is 0 Å². The Labute approximate surface area is 108 Å². The molecule has 18 heavy (non-hydrogen) atoms. The SMILES string of the molecule is CNc1nc(OC)nc(-c2cc(F)ccc2Cl)n1. The average Bonchev–Trinajstić information content (AvgIpc) is 2.40. The van der Waals surface area contributed by atoms with Crippen molar-refractivity contribution in [2.24, 2.45) is 0 Å². The topological polar surface area (TPSA) is 59.9 Å². The first-order chi connectivity index (χ1) is 8.63. The van der Waals surface area contributed by atoms with Crippen LogP contribution in [0.5, 0.6) is 6.01 Å². The number of anilines is 1. The van der Waals surface area contributed by atoms with Crippen molar-refractivity contribution >= 4 is 17.5 Å². The van der Waals surface area contributed by atoms with Crippen LogP contribution < -0.4 is 10.1 Å². The monoisotopic (exact) mass is 268 g/mol. The van der Waals surface area contributed by atoms with Crippen LogP contribution in [0.2, 0.25) is 5.02 Å². The van der Waals surface area contributed by atoms with Gasteiger partial charge in [-0.1, -0.05) is 11.6 Å². The van der Waals surface area contributed by atoms with Gasteiger partial charge in [-0.15, -0.1) is 0 Å². The molecule has 1 aromatic carbocycles. The van der Waals surface area contributed by atoms with Crippen LogP contribution >= 0.6 is 11.6 Å². The van der Waals surface area contributed by atoms with Crippen molar-refractivity contribution < 1.29 is 9.13 Å². The van der Waals surface area contributed by atoms with E-state index in [1.165, 1.54) is 25.3 Å².